The van der Waals surface area contributed by atoms with E-state index >= 15 is 0 Å². The molecule has 2 aromatic carbocycles. The van der Waals surface area contributed by atoms with Gasteiger partial charge in [0.1, 0.15) is 17.6 Å². The van der Waals surface area contributed by atoms with E-state index in [4.69, 9.17) is 4.74 Å². The highest BCUT2D eigenvalue weighted by Gasteiger charge is 2.27. The maximum absolute atomic E-state index is 14.3. The van der Waals surface area contributed by atoms with Crippen LogP contribution in [0.15, 0.2) is 48.5 Å². The Morgan fingerprint density at radius 1 is 1.09 bits per heavy atom. The van der Waals surface area contributed by atoms with Crippen molar-refractivity contribution in [3.63, 3.8) is 0 Å². The number of carbonyl (C=O) groups is 2. The Morgan fingerprint density at radius 2 is 1.75 bits per heavy atom. The van der Waals surface area contributed by atoms with E-state index in [0.717, 1.165) is 18.4 Å². The number of nitrogens with one attached hydrogen (secondary N) is 1. The molecule has 0 aromatic heterocycles. The molecule has 0 heterocycles. The number of nitrogens with zero attached hydrogens (tertiary/aromatic N) is 1. The number of halogens is 1. The monoisotopic (exact) mass is 442 g/mol. The molecule has 174 valence electrons. The number of benzene rings is 2. The molecular formula is C26H35FN2O3. The number of para-hydroxylation sites is 1. The standard InChI is InChI=1S/C26H35FN2O3/c1-6-7-16-28-25(31)19(2)29(17-20-12-8-10-14-22(20)27)24(30)18-32-23-15-11-9-13-21(23)26(3,4)5/h8-15,19H,6-7,16-18H2,1-5H3,(H,28,31)/t19-/m1/s1. The molecule has 6 heteroatoms. The Kier molecular flexibility index (Phi) is 9.24. The van der Waals surface area contributed by atoms with Gasteiger partial charge in [-0.05, 0) is 36.5 Å². The molecule has 0 radical (unpaired) electrons. The molecule has 5 nitrogen and oxygen atoms in total. The average molecular weight is 443 g/mol. The van der Waals surface area contributed by atoms with Crippen molar-refractivity contribution in [3.05, 3.63) is 65.5 Å². The minimum absolute atomic E-state index is 0.0157. The van der Waals surface area contributed by atoms with Gasteiger partial charge in [-0.2, -0.15) is 0 Å². The van der Waals surface area contributed by atoms with Crippen LogP contribution in [0.2, 0.25) is 0 Å². The summed E-state index contributed by atoms with van der Waals surface area (Å²) in [7, 11) is 0. The van der Waals surface area contributed by atoms with Crippen LogP contribution in [-0.2, 0) is 21.5 Å². The molecule has 32 heavy (non-hydrogen) atoms. The molecule has 1 N–H and O–H groups in total. The summed E-state index contributed by atoms with van der Waals surface area (Å²) in [4.78, 5) is 27.2. The number of ether oxygens (including phenoxy) is 1. The van der Waals surface area contributed by atoms with Crippen LogP contribution in [-0.4, -0.2) is 35.9 Å². The van der Waals surface area contributed by atoms with Crippen molar-refractivity contribution in [1.29, 1.82) is 0 Å². The average Bonchev–Trinajstić information content (AvgIpc) is 2.76. The molecule has 0 fully saturated rings. The molecule has 1 atom stereocenters. The number of hydrogen-bond donors (Lipinski definition) is 1. The zero-order chi connectivity index (χ0) is 23.7. The van der Waals surface area contributed by atoms with Crippen molar-refractivity contribution in [2.45, 2.75) is 65.5 Å². The summed E-state index contributed by atoms with van der Waals surface area (Å²) in [6.07, 6.45) is 1.81. The van der Waals surface area contributed by atoms with Crippen LogP contribution < -0.4 is 10.1 Å². The molecule has 2 rings (SSSR count). The third-order valence-electron chi connectivity index (χ3n) is 5.34. The zero-order valence-electron chi connectivity index (χ0n) is 19.8. The van der Waals surface area contributed by atoms with Crippen molar-refractivity contribution in [1.82, 2.24) is 10.2 Å². The van der Waals surface area contributed by atoms with Crippen molar-refractivity contribution in [2.24, 2.45) is 0 Å². The van der Waals surface area contributed by atoms with Crippen molar-refractivity contribution in [3.8, 4) is 5.75 Å². The fraction of sp³-hybridized carbons (Fsp3) is 0.462. The highest BCUT2D eigenvalue weighted by Crippen LogP contribution is 2.31. The molecule has 0 aliphatic carbocycles. The van der Waals surface area contributed by atoms with E-state index in [1.54, 1.807) is 25.1 Å². The summed E-state index contributed by atoms with van der Waals surface area (Å²) < 4.78 is 20.2. The number of carbonyl (C=O) groups excluding carboxylic acids is 2. The first kappa shape index (κ1) is 25.4. The Labute approximate surface area is 191 Å². The Hall–Kier alpha value is -2.89. The first-order valence-corrected chi connectivity index (χ1v) is 11.2. The second-order valence-corrected chi connectivity index (χ2v) is 8.97. The van der Waals surface area contributed by atoms with Gasteiger partial charge in [0.25, 0.3) is 5.91 Å². The molecule has 0 bridgehead atoms. The summed E-state index contributed by atoms with van der Waals surface area (Å²) in [6, 6.07) is 13.1. The summed E-state index contributed by atoms with van der Waals surface area (Å²) in [5, 5.41) is 2.85. The number of rotatable bonds is 10. The molecule has 0 unspecified atom stereocenters. The fourth-order valence-electron chi connectivity index (χ4n) is 3.36. The summed E-state index contributed by atoms with van der Waals surface area (Å²) >= 11 is 0. The molecule has 2 aromatic rings. The minimum Gasteiger partial charge on any atom is -0.483 e. The lowest BCUT2D eigenvalue weighted by Crippen LogP contribution is -2.49. The van der Waals surface area contributed by atoms with Crippen LogP contribution in [0, 0.1) is 5.82 Å². The lowest BCUT2D eigenvalue weighted by molar-refractivity contribution is -0.142. The van der Waals surface area contributed by atoms with E-state index in [1.165, 1.54) is 11.0 Å². The van der Waals surface area contributed by atoms with Crippen LogP contribution in [0.25, 0.3) is 0 Å². The Bertz CT molecular complexity index is 908. The van der Waals surface area contributed by atoms with E-state index in [2.05, 4.69) is 26.1 Å². The van der Waals surface area contributed by atoms with E-state index in [1.807, 2.05) is 31.2 Å². The predicted molar refractivity (Wildman–Crippen MR) is 125 cm³/mol. The van der Waals surface area contributed by atoms with Gasteiger partial charge in [0.15, 0.2) is 6.61 Å². The lowest BCUT2D eigenvalue weighted by atomic mass is 9.86. The van der Waals surface area contributed by atoms with Gasteiger partial charge in [-0.3, -0.25) is 9.59 Å². The maximum Gasteiger partial charge on any atom is 0.261 e. The van der Waals surface area contributed by atoms with Crippen LogP contribution in [0.5, 0.6) is 5.75 Å². The molecule has 0 aliphatic heterocycles. The van der Waals surface area contributed by atoms with Crippen LogP contribution in [0.4, 0.5) is 4.39 Å². The molecule has 0 saturated carbocycles. The van der Waals surface area contributed by atoms with Gasteiger partial charge >= 0.3 is 0 Å². The number of amides is 2. The second kappa shape index (κ2) is 11.7. The summed E-state index contributed by atoms with van der Waals surface area (Å²) in [5.74, 6) is -0.435. The normalized spacial score (nSPS) is 12.2. The molecule has 0 saturated heterocycles. The largest absolute Gasteiger partial charge is 0.483 e. The molecule has 0 aliphatic rings. The van der Waals surface area contributed by atoms with Gasteiger partial charge in [-0.15, -0.1) is 0 Å². The third kappa shape index (κ3) is 7.08. The fourth-order valence-corrected chi connectivity index (χ4v) is 3.36. The topological polar surface area (TPSA) is 58.6 Å². The van der Waals surface area contributed by atoms with E-state index in [0.29, 0.717) is 17.9 Å². The first-order chi connectivity index (χ1) is 15.1. The third-order valence-corrected chi connectivity index (χ3v) is 5.34. The van der Waals surface area contributed by atoms with Crippen LogP contribution >= 0.6 is 0 Å². The van der Waals surface area contributed by atoms with Gasteiger partial charge < -0.3 is 15.0 Å². The van der Waals surface area contributed by atoms with Gasteiger partial charge in [-0.25, -0.2) is 4.39 Å². The van der Waals surface area contributed by atoms with Gasteiger partial charge in [0.05, 0.1) is 0 Å². The van der Waals surface area contributed by atoms with E-state index in [-0.39, 0.29) is 30.4 Å². The Balaban J connectivity index is 2.20. The summed E-state index contributed by atoms with van der Waals surface area (Å²) in [5.41, 5.74) is 1.18. The predicted octanol–water partition coefficient (Wildman–Crippen LogP) is 4.84. The minimum atomic E-state index is -0.763. The zero-order valence-corrected chi connectivity index (χ0v) is 19.8. The van der Waals surface area contributed by atoms with Gasteiger partial charge in [0, 0.05) is 18.7 Å². The quantitative estimate of drug-likeness (QED) is 0.536. The highest BCUT2D eigenvalue weighted by atomic mass is 19.1. The second-order valence-electron chi connectivity index (χ2n) is 8.97. The SMILES string of the molecule is CCCCNC(=O)[C@@H](C)N(Cc1ccccc1F)C(=O)COc1ccccc1C(C)(C)C. The number of hydrogen-bond acceptors (Lipinski definition) is 3. The van der Waals surface area contributed by atoms with Crippen LogP contribution in [0.3, 0.4) is 0 Å². The smallest absolute Gasteiger partial charge is 0.261 e. The maximum atomic E-state index is 14.3. The molecular weight excluding hydrogens is 407 g/mol. The van der Waals surface area contributed by atoms with Crippen molar-refractivity contribution >= 4 is 11.8 Å². The number of unbranched alkanes of at least 4 members (excludes halogenated alkanes) is 1. The first-order valence-electron chi connectivity index (χ1n) is 11.2. The van der Waals surface area contributed by atoms with Gasteiger partial charge in [0.2, 0.25) is 5.91 Å². The van der Waals surface area contributed by atoms with E-state index in [9.17, 15) is 14.0 Å². The van der Waals surface area contributed by atoms with Crippen molar-refractivity contribution in [2.75, 3.05) is 13.2 Å². The van der Waals surface area contributed by atoms with E-state index < -0.39 is 11.9 Å². The molecule has 2 amide bonds. The highest BCUT2D eigenvalue weighted by molar-refractivity contribution is 5.88. The molecule has 0 spiro atoms. The lowest BCUT2D eigenvalue weighted by Gasteiger charge is -2.29. The summed E-state index contributed by atoms with van der Waals surface area (Å²) in [6.45, 7) is 10.2. The van der Waals surface area contributed by atoms with Crippen LogP contribution in [0.1, 0.15) is 58.6 Å². The van der Waals surface area contributed by atoms with Crippen molar-refractivity contribution < 1.29 is 18.7 Å². The van der Waals surface area contributed by atoms with Gasteiger partial charge in [-0.1, -0.05) is 70.5 Å². The Morgan fingerprint density at radius 3 is 2.41 bits per heavy atom.